The summed E-state index contributed by atoms with van der Waals surface area (Å²) < 4.78 is 5.01. The SMILES string of the molecule is CCOC(=O)C1CCCN1C(=O)N1CCC(C(=O)O)CC1. The van der Waals surface area contributed by atoms with Crippen LogP contribution in [0.25, 0.3) is 0 Å². The Morgan fingerprint density at radius 2 is 1.81 bits per heavy atom. The van der Waals surface area contributed by atoms with Gasteiger partial charge in [0.05, 0.1) is 12.5 Å². The van der Waals surface area contributed by atoms with Gasteiger partial charge in [-0.05, 0) is 32.6 Å². The van der Waals surface area contributed by atoms with Gasteiger partial charge in [0.25, 0.3) is 0 Å². The molecule has 1 atom stereocenters. The van der Waals surface area contributed by atoms with Crippen molar-refractivity contribution in [3.63, 3.8) is 0 Å². The van der Waals surface area contributed by atoms with E-state index in [1.54, 1.807) is 16.7 Å². The van der Waals surface area contributed by atoms with Crippen molar-refractivity contribution in [2.45, 2.75) is 38.6 Å². The maximum Gasteiger partial charge on any atom is 0.328 e. The van der Waals surface area contributed by atoms with E-state index in [0.717, 1.165) is 6.42 Å². The number of urea groups is 1. The largest absolute Gasteiger partial charge is 0.481 e. The van der Waals surface area contributed by atoms with Gasteiger partial charge in [-0.25, -0.2) is 9.59 Å². The van der Waals surface area contributed by atoms with Crippen LogP contribution in [-0.2, 0) is 14.3 Å². The molecule has 7 heteroatoms. The highest BCUT2D eigenvalue weighted by Gasteiger charge is 2.38. The molecular weight excluding hydrogens is 276 g/mol. The lowest BCUT2D eigenvalue weighted by atomic mass is 9.97. The molecule has 2 fully saturated rings. The van der Waals surface area contributed by atoms with Crippen LogP contribution in [0.3, 0.4) is 0 Å². The summed E-state index contributed by atoms with van der Waals surface area (Å²) >= 11 is 0. The summed E-state index contributed by atoms with van der Waals surface area (Å²) in [4.78, 5) is 38.5. The number of nitrogens with zero attached hydrogens (tertiary/aromatic N) is 2. The second-order valence-electron chi connectivity index (χ2n) is 5.49. The molecule has 2 aliphatic heterocycles. The second kappa shape index (κ2) is 6.78. The molecule has 2 saturated heterocycles. The molecule has 0 aromatic carbocycles. The number of hydrogen-bond donors (Lipinski definition) is 1. The fraction of sp³-hybridized carbons (Fsp3) is 0.786. The number of piperidine rings is 1. The monoisotopic (exact) mass is 298 g/mol. The molecule has 0 aromatic rings. The van der Waals surface area contributed by atoms with Gasteiger partial charge in [-0.2, -0.15) is 0 Å². The molecule has 1 N–H and O–H groups in total. The van der Waals surface area contributed by atoms with Crippen LogP contribution < -0.4 is 0 Å². The number of hydrogen-bond acceptors (Lipinski definition) is 4. The van der Waals surface area contributed by atoms with Crippen LogP contribution in [0.2, 0.25) is 0 Å². The smallest absolute Gasteiger partial charge is 0.328 e. The number of carboxylic acids is 1. The standard InChI is InChI=1S/C14H22N2O5/c1-2-21-13(19)11-4-3-7-16(11)14(20)15-8-5-10(6-9-15)12(17)18/h10-11H,2-9H2,1H3,(H,17,18). The Morgan fingerprint density at radius 1 is 1.14 bits per heavy atom. The fourth-order valence-electron chi connectivity index (χ4n) is 2.98. The topological polar surface area (TPSA) is 87.2 Å². The number of rotatable bonds is 3. The van der Waals surface area contributed by atoms with Crippen molar-refractivity contribution in [1.29, 1.82) is 0 Å². The zero-order valence-corrected chi connectivity index (χ0v) is 12.3. The van der Waals surface area contributed by atoms with Crippen molar-refractivity contribution in [2.75, 3.05) is 26.2 Å². The molecular formula is C14H22N2O5. The van der Waals surface area contributed by atoms with E-state index in [9.17, 15) is 14.4 Å². The second-order valence-corrected chi connectivity index (χ2v) is 5.49. The third kappa shape index (κ3) is 3.46. The van der Waals surface area contributed by atoms with Crippen LogP contribution in [0.15, 0.2) is 0 Å². The molecule has 0 aromatic heterocycles. The van der Waals surface area contributed by atoms with E-state index < -0.39 is 12.0 Å². The summed E-state index contributed by atoms with van der Waals surface area (Å²) in [5.41, 5.74) is 0. The minimum atomic E-state index is -0.798. The van der Waals surface area contributed by atoms with Crippen LogP contribution in [-0.4, -0.2) is 65.2 Å². The molecule has 1 unspecified atom stereocenters. The van der Waals surface area contributed by atoms with Crippen LogP contribution >= 0.6 is 0 Å². The van der Waals surface area contributed by atoms with E-state index in [2.05, 4.69) is 0 Å². The van der Waals surface area contributed by atoms with Crippen molar-refractivity contribution < 1.29 is 24.2 Å². The summed E-state index contributed by atoms with van der Waals surface area (Å²) in [5, 5.41) is 8.97. The third-order valence-corrected chi connectivity index (χ3v) is 4.17. The average molecular weight is 298 g/mol. The molecule has 2 aliphatic rings. The summed E-state index contributed by atoms with van der Waals surface area (Å²) in [7, 11) is 0. The van der Waals surface area contributed by atoms with Crippen molar-refractivity contribution in [3.05, 3.63) is 0 Å². The van der Waals surface area contributed by atoms with Gasteiger partial charge in [-0.3, -0.25) is 4.79 Å². The van der Waals surface area contributed by atoms with Crippen LogP contribution in [0, 0.1) is 5.92 Å². The minimum Gasteiger partial charge on any atom is -0.481 e. The van der Waals surface area contributed by atoms with Gasteiger partial charge < -0.3 is 19.6 Å². The summed E-state index contributed by atoms with van der Waals surface area (Å²) in [6, 6.07) is -0.663. The quantitative estimate of drug-likeness (QED) is 0.783. The Balaban J connectivity index is 1.93. The first-order valence-electron chi connectivity index (χ1n) is 7.49. The lowest BCUT2D eigenvalue weighted by Gasteiger charge is -2.34. The number of carboxylic acid groups (broad SMARTS) is 1. The van der Waals surface area contributed by atoms with Gasteiger partial charge in [0.2, 0.25) is 0 Å². The van der Waals surface area contributed by atoms with Crippen molar-refractivity contribution in [1.82, 2.24) is 9.80 Å². The van der Waals surface area contributed by atoms with Crippen LogP contribution in [0.5, 0.6) is 0 Å². The lowest BCUT2D eigenvalue weighted by Crippen LogP contribution is -2.51. The molecule has 21 heavy (non-hydrogen) atoms. The molecule has 0 radical (unpaired) electrons. The van der Waals surface area contributed by atoms with Crippen molar-refractivity contribution in [2.24, 2.45) is 5.92 Å². The van der Waals surface area contributed by atoms with Gasteiger partial charge in [0.15, 0.2) is 0 Å². The Morgan fingerprint density at radius 3 is 2.38 bits per heavy atom. The number of likely N-dealkylation sites (tertiary alicyclic amines) is 2. The van der Waals surface area contributed by atoms with Gasteiger partial charge >= 0.3 is 18.0 Å². The third-order valence-electron chi connectivity index (χ3n) is 4.17. The average Bonchev–Trinajstić information content (AvgIpc) is 2.96. The van der Waals surface area contributed by atoms with E-state index in [-0.39, 0.29) is 17.9 Å². The van der Waals surface area contributed by atoms with E-state index in [0.29, 0.717) is 45.5 Å². The van der Waals surface area contributed by atoms with Crippen LogP contribution in [0.4, 0.5) is 4.79 Å². The Labute approximate surface area is 123 Å². The number of carbonyl (C=O) groups is 3. The zero-order valence-electron chi connectivity index (χ0n) is 12.3. The summed E-state index contributed by atoms with van der Waals surface area (Å²) in [6.07, 6.45) is 2.37. The number of carbonyl (C=O) groups excluding carboxylic acids is 2. The van der Waals surface area contributed by atoms with E-state index in [1.165, 1.54) is 0 Å². The van der Waals surface area contributed by atoms with Gasteiger partial charge in [0, 0.05) is 19.6 Å². The molecule has 118 valence electrons. The molecule has 2 amide bonds. The molecule has 2 rings (SSSR count). The van der Waals surface area contributed by atoms with E-state index >= 15 is 0 Å². The minimum absolute atomic E-state index is 0.172. The molecule has 7 nitrogen and oxygen atoms in total. The summed E-state index contributed by atoms with van der Waals surface area (Å²) in [5.74, 6) is -1.51. The first kappa shape index (κ1) is 15.6. The molecule has 2 heterocycles. The molecule has 0 spiro atoms. The van der Waals surface area contributed by atoms with E-state index in [1.807, 2.05) is 0 Å². The maximum absolute atomic E-state index is 12.5. The zero-order chi connectivity index (χ0) is 15.4. The van der Waals surface area contributed by atoms with Crippen molar-refractivity contribution >= 4 is 18.0 Å². The number of ether oxygens (including phenoxy) is 1. The normalized spacial score (nSPS) is 23.2. The number of amides is 2. The highest BCUT2D eigenvalue weighted by Crippen LogP contribution is 2.23. The Hall–Kier alpha value is -1.79. The van der Waals surface area contributed by atoms with Crippen molar-refractivity contribution in [3.8, 4) is 0 Å². The summed E-state index contributed by atoms with van der Waals surface area (Å²) in [6.45, 7) is 3.47. The Bertz CT molecular complexity index is 418. The highest BCUT2D eigenvalue weighted by molar-refractivity contribution is 5.84. The van der Waals surface area contributed by atoms with Gasteiger partial charge in [-0.1, -0.05) is 0 Å². The Kier molecular flexibility index (Phi) is 5.03. The highest BCUT2D eigenvalue weighted by atomic mass is 16.5. The van der Waals surface area contributed by atoms with E-state index in [4.69, 9.17) is 9.84 Å². The van der Waals surface area contributed by atoms with Crippen LogP contribution in [0.1, 0.15) is 32.6 Å². The number of aliphatic carboxylic acids is 1. The lowest BCUT2D eigenvalue weighted by molar-refractivity contribution is -0.147. The van der Waals surface area contributed by atoms with Gasteiger partial charge in [0.1, 0.15) is 6.04 Å². The first-order chi connectivity index (χ1) is 10.0. The predicted molar refractivity (Wildman–Crippen MR) is 73.7 cm³/mol. The predicted octanol–water partition coefficient (Wildman–Crippen LogP) is 0.930. The molecule has 0 bridgehead atoms. The number of esters is 1. The maximum atomic E-state index is 12.5. The molecule has 0 aliphatic carbocycles. The molecule has 0 saturated carbocycles. The fourth-order valence-corrected chi connectivity index (χ4v) is 2.98. The van der Waals surface area contributed by atoms with Gasteiger partial charge in [-0.15, -0.1) is 0 Å². The first-order valence-corrected chi connectivity index (χ1v) is 7.49.